The van der Waals surface area contributed by atoms with E-state index >= 15 is 13.2 Å². The molecule has 0 radical (unpaired) electrons. The van der Waals surface area contributed by atoms with Gasteiger partial charge in [0.05, 0.1) is 19.2 Å². The van der Waals surface area contributed by atoms with E-state index in [1.165, 1.54) is 30.9 Å². The first-order valence-corrected chi connectivity index (χ1v) is 15.7. The van der Waals surface area contributed by atoms with Gasteiger partial charge in [-0.2, -0.15) is 0 Å². The average Bonchev–Trinajstić information content (AvgIpc) is 3.33. The molecule has 1 amide bonds. The van der Waals surface area contributed by atoms with Gasteiger partial charge in [0.2, 0.25) is 5.91 Å². The molecule has 1 aliphatic heterocycles. The molecular formula is C35H45F3N2O5. The Bertz CT molecular complexity index is 1370. The normalized spacial score (nSPS) is 18.0. The van der Waals surface area contributed by atoms with E-state index in [0.29, 0.717) is 45.3 Å². The van der Waals surface area contributed by atoms with E-state index < -0.39 is 29.3 Å². The van der Waals surface area contributed by atoms with Gasteiger partial charge in [0, 0.05) is 50.4 Å². The molecule has 0 bridgehead atoms. The van der Waals surface area contributed by atoms with Crippen LogP contribution in [0.25, 0.3) is 5.57 Å². The number of alkyl halides is 1. The molecule has 0 spiro atoms. The van der Waals surface area contributed by atoms with E-state index in [9.17, 15) is 9.59 Å². The summed E-state index contributed by atoms with van der Waals surface area (Å²) in [7, 11) is 1.64. The van der Waals surface area contributed by atoms with Crippen molar-refractivity contribution in [2.24, 2.45) is 0 Å². The molecule has 0 N–H and O–H groups in total. The van der Waals surface area contributed by atoms with E-state index in [1.807, 2.05) is 36.1 Å². The minimum Gasteiger partial charge on any atom is -0.492 e. The van der Waals surface area contributed by atoms with Gasteiger partial charge in [-0.3, -0.25) is 9.69 Å². The highest BCUT2D eigenvalue weighted by molar-refractivity contribution is 5.79. The van der Waals surface area contributed by atoms with Crippen molar-refractivity contribution >= 4 is 17.4 Å². The van der Waals surface area contributed by atoms with E-state index in [4.69, 9.17) is 14.2 Å². The van der Waals surface area contributed by atoms with Gasteiger partial charge in [-0.1, -0.05) is 24.3 Å². The maximum Gasteiger partial charge on any atom is 0.332 e. The molecule has 45 heavy (non-hydrogen) atoms. The Balaban J connectivity index is 1.38. The molecule has 1 aliphatic carbocycles. The number of hydrogen-bond donors (Lipinski definition) is 0. The summed E-state index contributed by atoms with van der Waals surface area (Å²) in [6.45, 7) is 7.53. The van der Waals surface area contributed by atoms with Crippen LogP contribution in [0.4, 0.5) is 13.2 Å². The molecule has 2 atom stereocenters. The highest BCUT2D eigenvalue weighted by atomic mass is 19.1. The van der Waals surface area contributed by atoms with Crippen LogP contribution in [0.1, 0.15) is 76.1 Å². The van der Waals surface area contributed by atoms with Crippen molar-refractivity contribution in [1.82, 2.24) is 9.80 Å². The van der Waals surface area contributed by atoms with Crippen LogP contribution in [0.3, 0.4) is 0 Å². The fourth-order valence-corrected chi connectivity index (χ4v) is 6.21. The quantitative estimate of drug-likeness (QED) is 0.167. The maximum atomic E-state index is 15.9. The Labute approximate surface area is 264 Å². The standard InChI is InChI=1S/C35H45F3N2O5/c1-6-44-32(42)21-43-15-10-9-13-31(41)39(5)14-16-45-25-19-29(36)33(30(37)20-25)34-28-18-24-11-7-8-12-26(24)27(28)17-23(2)40(34)22-35(3,4)38/h7-8,11-12,19-20,23,34H,6,9-10,13-18,21-22H2,1-5H3/t23-,34+/m1/s1. The third kappa shape index (κ3) is 8.88. The van der Waals surface area contributed by atoms with E-state index in [1.54, 1.807) is 14.0 Å². The van der Waals surface area contributed by atoms with Crippen LogP contribution in [0.2, 0.25) is 0 Å². The first-order valence-electron chi connectivity index (χ1n) is 15.7. The molecule has 246 valence electrons. The Hall–Kier alpha value is -3.37. The molecule has 0 unspecified atom stereocenters. The van der Waals surface area contributed by atoms with Gasteiger partial charge in [-0.25, -0.2) is 18.0 Å². The van der Waals surface area contributed by atoms with Crippen molar-refractivity contribution in [2.45, 2.75) is 77.6 Å². The van der Waals surface area contributed by atoms with Crippen LogP contribution < -0.4 is 4.74 Å². The first-order chi connectivity index (χ1) is 21.4. The van der Waals surface area contributed by atoms with E-state index in [-0.39, 0.29) is 49.6 Å². The van der Waals surface area contributed by atoms with Gasteiger partial charge in [0.15, 0.2) is 0 Å². The second kappa shape index (κ2) is 15.3. The molecule has 4 rings (SSSR count). The number of esters is 1. The average molecular weight is 631 g/mol. The number of nitrogens with zero attached hydrogens (tertiary/aromatic N) is 2. The molecule has 0 saturated heterocycles. The Morgan fingerprint density at radius 2 is 1.80 bits per heavy atom. The minimum absolute atomic E-state index is 0.0264. The number of benzene rings is 2. The van der Waals surface area contributed by atoms with Crippen molar-refractivity contribution in [2.75, 3.05) is 46.6 Å². The lowest BCUT2D eigenvalue weighted by Crippen LogP contribution is -2.47. The number of hydrogen-bond acceptors (Lipinski definition) is 6. The van der Waals surface area contributed by atoms with Crippen molar-refractivity contribution in [1.29, 1.82) is 0 Å². The topological polar surface area (TPSA) is 68.3 Å². The summed E-state index contributed by atoms with van der Waals surface area (Å²) in [5, 5.41) is 0. The zero-order valence-corrected chi connectivity index (χ0v) is 27.0. The Kier molecular flexibility index (Phi) is 11.7. The summed E-state index contributed by atoms with van der Waals surface area (Å²) < 4.78 is 62.5. The molecule has 10 heteroatoms. The summed E-state index contributed by atoms with van der Waals surface area (Å²) in [6, 6.07) is 9.48. The number of rotatable bonds is 15. The minimum atomic E-state index is -1.56. The molecule has 0 saturated carbocycles. The monoisotopic (exact) mass is 630 g/mol. The van der Waals surface area contributed by atoms with Crippen LogP contribution in [-0.4, -0.2) is 80.0 Å². The Morgan fingerprint density at radius 1 is 1.09 bits per heavy atom. The van der Waals surface area contributed by atoms with E-state index in [0.717, 1.165) is 22.3 Å². The highest BCUT2D eigenvalue weighted by Gasteiger charge is 2.43. The lowest BCUT2D eigenvalue weighted by atomic mass is 9.84. The van der Waals surface area contributed by atoms with Crippen molar-refractivity contribution in [3.63, 3.8) is 0 Å². The number of amides is 1. The zero-order valence-electron chi connectivity index (χ0n) is 27.0. The lowest BCUT2D eigenvalue weighted by Gasteiger charge is -2.44. The van der Waals surface area contributed by atoms with E-state index in [2.05, 4.69) is 0 Å². The van der Waals surface area contributed by atoms with Gasteiger partial charge < -0.3 is 19.1 Å². The fourth-order valence-electron chi connectivity index (χ4n) is 6.21. The second-order valence-corrected chi connectivity index (χ2v) is 12.5. The summed E-state index contributed by atoms with van der Waals surface area (Å²) in [5.41, 5.74) is 2.56. The number of likely N-dealkylation sites (N-methyl/N-ethyl adjacent to an activating group) is 1. The smallest absolute Gasteiger partial charge is 0.332 e. The van der Waals surface area contributed by atoms with Gasteiger partial charge in [0.25, 0.3) is 0 Å². The number of halogens is 3. The largest absolute Gasteiger partial charge is 0.492 e. The number of unbranched alkanes of at least 4 members (excludes halogenated alkanes) is 1. The molecule has 2 aromatic carbocycles. The SMILES string of the molecule is CCOC(=O)COCCCCC(=O)N(C)CCOc1cc(F)c([C@@H]2C3=C(C[C@@H](C)N2CC(C)(C)F)c2ccccc2C3)c(F)c1. The molecular weight excluding hydrogens is 585 g/mol. The van der Waals surface area contributed by atoms with Crippen molar-refractivity contribution in [3.05, 3.63) is 70.3 Å². The van der Waals surface area contributed by atoms with Crippen molar-refractivity contribution in [3.8, 4) is 5.75 Å². The van der Waals surface area contributed by atoms with Gasteiger partial charge >= 0.3 is 5.97 Å². The molecule has 0 aromatic heterocycles. The van der Waals surface area contributed by atoms with Crippen LogP contribution >= 0.6 is 0 Å². The lowest BCUT2D eigenvalue weighted by molar-refractivity contribution is -0.148. The third-order valence-electron chi connectivity index (χ3n) is 8.30. The third-order valence-corrected chi connectivity index (χ3v) is 8.30. The van der Waals surface area contributed by atoms with Crippen LogP contribution in [0.5, 0.6) is 5.75 Å². The molecule has 2 aliphatic rings. The van der Waals surface area contributed by atoms with Gasteiger partial charge in [0.1, 0.15) is 36.3 Å². The number of carbonyl (C=O) groups is 2. The fraction of sp³-hybridized carbons (Fsp3) is 0.543. The number of ether oxygens (including phenoxy) is 3. The molecule has 2 aromatic rings. The van der Waals surface area contributed by atoms with Gasteiger partial charge in [-0.05, 0) is 75.7 Å². The predicted octanol–water partition coefficient (Wildman–Crippen LogP) is 6.45. The summed E-state index contributed by atoms with van der Waals surface area (Å²) in [4.78, 5) is 27.1. The summed E-state index contributed by atoms with van der Waals surface area (Å²) >= 11 is 0. The van der Waals surface area contributed by atoms with Crippen molar-refractivity contribution < 1.29 is 37.0 Å². The van der Waals surface area contributed by atoms with Crippen LogP contribution in [-0.2, 0) is 25.5 Å². The van der Waals surface area contributed by atoms with Crippen LogP contribution in [0.15, 0.2) is 42.0 Å². The van der Waals surface area contributed by atoms with Gasteiger partial charge in [-0.15, -0.1) is 0 Å². The number of fused-ring (bicyclic) bond motifs is 2. The summed E-state index contributed by atoms with van der Waals surface area (Å²) in [6.07, 6.45) is 2.74. The molecule has 1 heterocycles. The van der Waals surface area contributed by atoms with Crippen LogP contribution in [0, 0.1) is 11.6 Å². The molecule has 7 nitrogen and oxygen atoms in total. The Morgan fingerprint density at radius 3 is 2.49 bits per heavy atom. The zero-order chi connectivity index (χ0) is 32.7. The highest BCUT2D eigenvalue weighted by Crippen LogP contribution is 2.50. The summed E-state index contributed by atoms with van der Waals surface area (Å²) in [5.74, 6) is -1.98. The maximum absolute atomic E-state index is 15.9. The predicted molar refractivity (Wildman–Crippen MR) is 167 cm³/mol. The number of carbonyl (C=O) groups excluding carboxylic acids is 2. The second-order valence-electron chi connectivity index (χ2n) is 12.5. The molecule has 0 fully saturated rings. The first kappa shape index (κ1) is 34.5.